The lowest BCUT2D eigenvalue weighted by Crippen LogP contribution is -2.45. The summed E-state index contributed by atoms with van der Waals surface area (Å²) in [4.78, 5) is 12.2. The maximum atomic E-state index is 12.2. The Balaban J connectivity index is 1.92. The molecule has 3 N–H and O–H groups in total. The summed E-state index contributed by atoms with van der Waals surface area (Å²) in [5.74, 6) is 0.575. The molecule has 0 heterocycles. The van der Waals surface area contributed by atoms with E-state index >= 15 is 0 Å². The molecule has 0 bridgehead atoms. The highest BCUT2D eigenvalue weighted by Gasteiger charge is 2.25. The van der Waals surface area contributed by atoms with E-state index in [-0.39, 0.29) is 11.9 Å². The highest BCUT2D eigenvalue weighted by Crippen LogP contribution is 2.23. The van der Waals surface area contributed by atoms with Crippen LogP contribution in [0.2, 0.25) is 0 Å². The third-order valence-corrected chi connectivity index (χ3v) is 4.49. The third-order valence-electron chi connectivity index (χ3n) is 4.49. The number of carbonyl (C=O) groups excluding carboxylic acids is 1. The van der Waals surface area contributed by atoms with Gasteiger partial charge in [-0.15, -0.1) is 0 Å². The summed E-state index contributed by atoms with van der Waals surface area (Å²) in [7, 11) is 0. The van der Waals surface area contributed by atoms with Gasteiger partial charge in [0.2, 0.25) is 5.91 Å². The molecule has 1 aromatic carbocycles. The van der Waals surface area contributed by atoms with Crippen molar-refractivity contribution in [3.05, 3.63) is 34.9 Å². The van der Waals surface area contributed by atoms with E-state index in [0.29, 0.717) is 18.9 Å². The minimum atomic E-state index is 0.124. The predicted octanol–water partition coefficient (Wildman–Crippen LogP) is 2.48. The molecular weight excluding hydrogens is 248 g/mol. The number of rotatable bonds is 4. The summed E-state index contributed by atoms with van der Waals surface area (Å²) in [6, 6.07) is 6.51. The van der Waals surface area contributed by atoms with E-state index in [1.54, 1.807) is 0 Å². The van der Waals surface area contributed by atoms with E-state index in [4.69, 9.17) is 5.73 Å². The Labute approximate surface area is 121 Å². The molecule has 0 saturated heterocycles. The summed E-state index contributed by atoms with van der Waals surface area (Å²) in [5.41, 5.74) is 9.41. The van der Waals surface area contributed by atoms with Gasteiger partial charge in [0.05, 0.1) is 6.42 Å². The van der Waals surface area contributed by atoms with Crippen molar-refractivity contribution in [2.24, 2.45) is 11.7 Å². The zero-order valence-electron chi connectivity index (χ0n) is 12.6. The maximum Gasteiger partial charge on any atom is 0.224 e. The van der Waals surface area contributed by atoms with E-state index in [1.807, 2.05) is 6.07 Å². The molecule has 20 heavy (non-hydrogen) atoms. The van der Waals surface area contributed by atoms with Crippen LogP contribution in [0.25, 0.3) is 0 Å². The van der Waals surface area contributed by atoms with Gasteiger partial charge in [0, 0.05) is 6.04 Å². The van der Waals surface area contributed by atoms with Gasteiger partial charge in [-0.2, -0.15) is 0 Å². The maximum absolute atomic E-state index is 12.2. The lowest BCUT2D eigenvalue weighted by molar-refractivity contribution is -0.121. The van der Waals surface area contributed by atoms with Crippen LogP contribution in [0.3, 0.4) is 0 Å². The molecule has 3 heteroatoms. The Kier molecular flexibility index (Phi) is 5.18. The summed E-state index contributed by atoms with van der Waals surface area (Å²) in [6.07, 6.45) is 5.12. The second-order valence-corrected chi connectivity index (χ2v) is 6.05. The van der Waals surface area contributed by atoms with Gasteiger partial charge >= 0.3 is 0 Å². The molecule has 1 amide bonds. The summed E-state index contributed by atoms with van der Waals surface area (Å²) < 4.78 is 0. The molecule has 2 rings (SSSR count). The first-order valence-electron chi connectivity index (χ1n) is 7.65. The van der Waals surface area contributed by atoms with Crippen LogP contribution in [0.4, 0.5) is 0 Å². The van der Waals surface area contributed by atoms with Crippen molar-refractivity contribution in [1.82, 2.24) is 5.32 Å². The predicted molar refractivity (Wildman–Crippen MR) is 82.6 cm³/mol. The van der Waals surface area contributed by atoms with Gasteiger partial charge in [-0.3, -0.25) is 4.79 Å². The Morgan fingerprint density at radius 1 is 1.25 bits per heavy atom. The highest BCUT2D eigenvalue weighted by molar-refractivity contribution is 5.79. The molecule has 0 radical (unpaired) electrons. The molecule has 1 fully saturated rings. The Morgan fingerprint density at radius 3 is 2.70 bits per heavy atom. The number of hydrogen-bond donors (Lipinski definition) is 2. The summed E-state index contributed by atoms with van der Waals surface area (Å²) in [6.45, 7) is 4.85. The standard InChI is InChI=1S/C17H26N2O/c1-12-7-8-14(9-13(12)2)10-17(20)19-16-6-4-3-5-15(16)11-18/h7-9,15-16H,3-6,10-11,18H2,1-2H3,(H,19,20). The van der Waals surface area contributed by atoms with E-state index in [1.165, 1.54) is 24.0 Å². The quantitative estimate of drug-likeness (QED) is 0.886. The first-order chi connectivity index (χ1) is 9.60. The third kappa shape index (κ3) is 3.83. The van der Waals surface area contributed by atoms with Gasteiger partial charge in [0.25, 0.3) is 0 Å². The highest BCUT2D eigenvalue weighted by atomic mass is 16.1. The Bertz CT molecular complexity index is 470. The summed E-state index contributed by atoms with van der Waals surface area (Å²) >= 11 is 0. The van der Waals surface area contributed by atoms with E-state index in [0.717, 1.165) is 18.4 Å². The van der Waals surface area contributed by atoms with Crippen LogP contribution >= 0.6 is 0 Å². The SMILES string of the molecule is Cc1ccc(CC(=O)NC2CCCCC2CN)cc1C. The molecule has 1 aliphatic carbocycles. The molecule has 110 valence electrons. The van der Waals surface area contributed by atoms with Crippen LogP contribution in [0.1, 0.15) is 42.4 Å². The zero-order chi connectivity index (χ0) is 14.5. The number of carbonyl (C=O) groups is 1. The Hall–Kier alpha value is -1.35. The molecule has 0 spiro atoms. The zero-order valence-corrected chi connectivity index (χ0v) is 12.6. The van der Waals surface area contributed by atoms with Gasteiger partial charge in [0.1, 0.15) is 0 Å². The van der Waals surface area contributed by atoms with Gasteiger partial charge in [-0.05, 0) is 55.8 Å². The van der Waals surface area contributed by atoms with Crippen molar-refractivity contribution in [1.29, 1.82) is 0 Å². The lowest BCUT2D eigenvalue weighted by Gasteiger charge is -2.31. The van der Waals surface area contributed by atoms with Gasteiger partial charge in [-0.25, -0.2) is 0 Å². The molecule has 3 nitrogen and oxygen atoms in total. The number of nitrogens with two attached hydrogens (primary N) is 1. The van der Waals surface area contributed by atoms with Crippen molar-refractivity contribution in [3.8, 4) is 0 Å². The minimum absolute atomic E-state index is 0.124. The van der Waals surface area contributed by atoms with Crippen LogP contribution < -0.4 is 11.1 Å². The van der Waals surface area contributed by atoms with Crippen molar-refractivity contribution in [2.45, 2.75) is 52.0 Å². The van der Waals surface area contributed by atoms with Gasteiger partial charge in [-0.1, -0.05) is 31.0 Å². The summed E-state index contributed by atoms with van der Waals surface area (Å²) in [5, 5.41) is 3.18. The van der Waals surface area contributed by atoms with Crippen LogP contribution in [-0.2, 0) is 11.2 Å². The molecule has 2 unspecified atom stereocenters. The van der Waals surface area contributed by atoms with Crippen LogP contribution in [0.5, 0.6) is 0 Å². The minimum Gasteiger partial charge on any atom is -0.353 e. The fourth-order valence-electron chi connectivity index (χ4n) is 3.04. The van der Waals surface area contributed by atoms with E-state index in [2.05, 4.69) is 31.3 Å². The van der Waals surface area contributed by atoms with Crippen LogP contribution in [-0.4, -0.2) is 18.5 Å². The second-order valence-electron chi connectivity index (χ2n) is 6.05. The molecule has 1 saturated carbocycles. The smallest absolute Gasteiger partial charge is 0.224 e. The second kappa shape index (κ2) is 6.89. The first kappa shape index (κ1) is 15.0. The average molecular weight is 274 g/mol. The number of amides is 1. The van der Waals surface area contributed by atoms with Crippen molar-refractivity contribution in [2.75, 3.05) is 6.54 Å². The Morgan fingerprint density at radius 2 is 2.00 bits per heavy atom. The largest absolute Gasteiger partial charge is 0.353 e. The number of benzene rings is 1. The fourth-order valence-corrected chi connectivity index (χ4v) is 3.04. The number of aryl methyl sites for hydroxylation is 2. The van der Waals surface area contributed by atoms with Crippen LogP contribution in [0.15, 0.2) is 18.2 Å². The average Bonchev–Trinajstić information content (AvgIpc) is 2.43. The van der Waals surface area contributed by atoms with Crippen molar-refractivity contribution < 1.29 is 4.79 Å². The van der Waals surface area contributed by atoms with Crippen molar-refractivity contribution >= 4 is 5.91 Å². The van der Waals surface area contributed by atoms with Crippen LogP contribution in [0, 0.1) is 19.8 Å². The molecule has 0 aromatic heterocycles. The number of nitrogens with one attached hydrogen (secondary N) is 1. The van der Waals surface area contributed by atoms with E-state index in [9.17, 15) is 4.79 Å². The topological polar surface area (TPSA) is 55.1 Å². The first-order valence-corrected chi connectivity index (χ1v) is 7.65. The normalized spacial score (nSPS) is 22.6. The fraction of sp³-hybridized carbons (Fsp3) is 0.588. The lowest BCUT2D eigenvalue weighted by atomic mass is 9.84. The molecule has 0 aliphatic heterocycles. The van der Waals surface area contributed by atoms with E-state index < -0.39 is 0 Å². The van der Waals surface area contributed by atoms with Gasteiger partial charge < -0.3 is 11.1 Å². The van der Waals surface area contributed by atoms with Gasteiger partial charge in [0.15, 0.2) is 0 Å². The molecule has 1 aromatic rings. The monoisotopic (exact) mass is 274 g/mol. The molecular formula is C17H26N2O. The number of hydrogen-bond acceptors (Lipinski definition) is 2. The molecule has 1 aliphatic rings. The molecule has 2 atom stereocenters. The van der Waals surface area contributed by atoms with Crippen molar-refractivity contribution in [3.63, 3.8) is 0 Å².